The third-order valence-corrected chi connectivity index (χ3v) is 4.24. The molecule has 1 aliphatic heterocycles. The molecule has 0 radical (unpaired) electrons. The predicted octanol–water partition coefficient (Wildman–Crippen LogP) is 1.41. The maximum atomic E-state index is 12.2. The van der Waals surface area contributed by atoms with Gasteiger partial charge in [-0.15, -0.1) is 0 Å². The summed E-state index contributed by atoms with van der Waals surface area (Å²) in [6.07, 6.45) is 4.07. The van der Waals surface area contributed by atoms with Crippen LogP contribution in [-0.2, 0) is 11.2 Å². The van der Waals surface area contributed by atoms with E-state index in [0.717, 1.165) is 13.0 Å². The van der Waals surface area contributed by atoms with E-state index in [1.54, 1.807) is 11.0 Å². The van der Waals surface area contributed by atoms with Gasteiger partial charge in [-0.25, -0.2) is 9.67 Å². The molecule has 0 unspecified atom stereocenters. The molecular weight excluding hydrogens is 278 g/mol. The lowest BCUT2D eigenvalue weighted by atomic mass is 10.2. The molecule has 116 valence electrons. The van der Waals surface area contributed by atoms with E-state index in [9.17, 15) is 4.79 Å². The zero-order valence-electron chi connectivity index (χ0n) is 12.9. The van der Waals surface area contributed by atoms with Crippen LogP contribution in [0.5, 0.6) is 0 Å². The van der Waals surface area contributed by atoms with Crippen LogP contribution in [0.4, 0.5) is 5.69 Å². The second kappa shape index (κ2) is 6.17. The lowest BCUT2D eigenvalue weighted by molar-refractivity contribution is -0.124. The van der Waals surface area contributed by atoms with Crippen molar-refractivity contribution in [2.24, 2.45) is 0 Å². The fourth-order valence-electron chi connectivity index (χ4n) is 2.87. The van der Waals surface area contributed by atoms with E-state index < -0.39 is 0 Å². The topological polar surface area (TPSA) is 63.1 Å². The van der Waals surface area contributed by atoms with Gasteiger partial charge in [0, 0.05) is 24.8 Å². The molecule has 0 aliphatic carbocycles. The van der Waals surface area contributed by atoms with E-state index in [1.807, 2.05) is 6.92 Å². The van der Waals surface area contributed by atoms with E-state index in [4.69, 9.17) is 0 Å². The van der Waals surface area contributed by atoms with Crippen molar-refractivity contribution in [3.05, 3.63) is 42.5 Å². The zero-order valence-corrected chi connectivity index (χ0v) is 12.9. The standard InChI is InChI=1S/C16H21N5O/c1-12(20-8-7-14-5-3-4-6-15(14)20)9-18-16(22)13(2)21-11-17-10-19-21/h3-6,10-13H,7-9H2,1-2H3,(H,18,22)/t12-,13-/m0/s1. The second-order valence-corrected chi connectivity index (χ2v) is 5.72. The third kappa shape index (κ3) is 2.81. The summed E-state index contributed by atoms with van der Waals surface area (Å²) in [5.74, 6) is -0.0372. The lowest BCUT2D eigenvalue weighted by Crippen LogP contribution is -2.43. The molecule has 0 saturated heterocycles. The van der Waals surface area contributed by atoms with Crippen LogP contribution < -0.4 is 10.2 Å². The summed E-state index contributed by atoms with van der Waals surface area (Å²) in [6, 6.07) is 8.38. The van der Waals surface area contributed by atoms with Crippen molar-refractivity contribution in [3.8, 4) is 0 Å². The van der Waals surface area contributed by atoms with Gasteiger partial charge < -0.3 is 10.2 Å². The number of hydrogen-bond donors (Lipinski definition) is 1. The number of carbonyl (C=O) groups is 1. The molecule has 0 saturated carbocycles. The van der Waals surface area contributed by atoms with Crippen LogP contribution in [0.1, 0.15) is 25.5 Å². The van der Waals surface area contributed by atoms with Crippen LogP contribution in [0.2, 0.25) is 0 Å². The molecule has 22 heavy (non-hydrogen) atoms. The average Bonchev–Trinajstić information content (AvgIpc) is 3.20. The first-order valence-electron chi connectivity index (χ1n) is 7.63. The van der Waals surface area contributed by atoms with Crippen LogP contribution in [0, 0.1) is 0 Å². The Bertz CT molecular complexity index is 640. The fourth-order valence-corrected chi connectivity index (χ4v) is 2.87. The van der Waals surface area contributed by atoms with Crippen molar-refractivity contribution >= 4 is 11.6 Å². The Kier molecular flexibility index (Phi) is 4.09. The van der Waals surface area contributed by atoms with E-state index >= 15 is 0 Å². The molecule has 0 fully saturated rings. The van der Waals surface area contributed by atoms with Gasteiger partial charge in [0.2, 0.25) is 5.91 Å². The normalized spacial score (nSPS) is 16.2. The lowest BCUT2D eigenvalue weighted by Gasteiger charge is -2.28. The molecule has 1 aromatic carbocycles. The van der Waals surface area contributed by atoms with Gasteiger partial charge in [0.05, 0.1) is 0 Å². The predicted molar refractivity (Wildman–Crippen MR) is 84.7 cm³/mol. The van der Waals surface area contributed by atoms with Crippen LogP contribution >= 0.6 is 0 Å². The highest BCUT2D eigenvalue weighted by molar-refractivity contribution is 5.79. The quantitative estimate of drug-likeness (QED) is 0.906. The van der Waals surface area contributed by atoms with Gasteiger partial charge in [-0.2, -0.15) is 5.10 Å². The molecular formula is C16H21N5O. The Morgan fingerprint density at radius 2 is 2.18 bits per heavy atom. The largest absolute Gasteiger partial charge is 0.366 e. The monoisotopic (exact) mass is 299 g/mol. The summed E-state index contributed by atoms with van der Waals surface area (Å²) in [6.45, 7) is 5.59. The van der Waals surface area contributed by atoms with Crippen LogP contribution in [0.25, 0.3) is 0 Å². The highest BCUT2D eigenvalue weighted by Crippen LogP contribution is 2.28. The number of aromatic nitrogens is 3. The van der Waals surface area contributed by atoms with Crippen molar-refractivity contribution in [1.82, 2.24) is 20.1 Å². The Hall–Kier alpha value is -2.37. The molecule has 3 rings (SSSR count). The van der Waals surface area contributed by atoms with Gasteiger partial charge >= 0.3 is 0 Å². The Balaban J connectivity index is 1.57. The summed E-state index contributed by atoms with van der Waals surface area (Å²) >= 11 is 0. The first-order valence-corrected chi connectivity index (χ1v) is 7.63. The van der Waals surface area contributed by atoms with Crippen molar-refractivity contribution in [3.63, 3.8) is 0 Å². The Labute approximate surface area is 130 Å². The average molecular weight is 299 g/mol. The van der Waals surface area contributed by atoms with E-state index in [-0.39, 0.29) is 18.0 Å². The van der Waals surface area contributed by atoms with E-state index in [1.165, 1.54) is 17.6 Å². The van der Waals surface area contributed by atoms with Crippen molar-refractivity contribution in [2.45, 2.75) is 32.4 Å². The smallest absolute Gasteiger partial charge is 0.244 e. The molecule has 1 aliphatic rings. The number of anilines is 1. The molecule has 1 aromatic heterocycles. The zero-order chi connectivity index (χ0) is 15.5. The summed E-state index contributed by atoms with van der Waals surface area (Å²) in [5, 5.41) is 7.01. The number of amides is 1. The van der Waals surface area contributed by atoms with Crippen molar-refractivity contribution in [2.75, 3.05) is 18.0 Å². The number of fused-ring (bicyclic) bond motifs is 1. The molecule has 1 amide bonds. The summed E-state index contributed by atoms with van der Waals surface area (Å²) < 4.78 is 1.56. The summed E-state index contributed by atoms with van der Waals surface area (Å²) in [7, 11) is 0. The van der Waals surface area contributed by atoms with Crippen LogP contribution in [0.3, 0.4) is 0 Å². The molecule has 6 heteroatoms. The van der Waals surface area contributed by atoms with Gasteiger partial charge in [0.25, 0.3) is 0 Å². The number of hydrogen-bond acceptors (Lipinski definition) is 4. The summed E-state index contributed by atoms with van der Waals surface area (Å²) in [4.78, 5) is 18.4. The van der Waals surface area contributed by atoms with Crippen LogP contribution in [0.15, 0.2) is 36.9 Å². The first kappa shape index (κ1) is 14.6. The molecule has 2 aromatic rings. The Morgan fingerprint density at radius 3 is 2.95 bits per heavy atom. The number of carbonyl (C=O) groups excluding carboxylic acids is 1. The third-order valence-electron chi connectivity index (χ3n) is 4.24. The fraction of sp³-hybridized carbons (Fsp3) is 0.438. The molecule has 6 nitrogen and oxygen atoms in total. The number of rotatable bonds is 5. The second-order valence-electron chi connectivity index (χ2n) is 5.72. The molecule has 1 N–H and O–H groups in total. The number of nitrogens with zero attached hydrogens (tertiary/aromatic N) is 4. The van der Waals surface area contributed by atoms with Gasteiger partial charge in [-0.1, -0.05) is 18.2 Å². The number of para-hydroxylation sites is 1. The van der Waals surface area contributed by atoms with Gasteiger partial charge in [-0.3, -0.25) is 4.79 Å². The van der Waals surface area contributed by atoms with Crippen molar-refractivity contribution < 1.29 is 4.79 Å². The SMILES string of the molecule is C[C@@H](CNC(=O)[C@H](C)n1cncn1)N1CCc2ccccc21. The molecule has 0 bridgehead atoms. The van der Waals surface area contributed by atoms with Gasteiger partial charge in [0.1, 0.15) is 18.7 Å². The minimum atomic E-state index is -0.347. The maximum absolute atomic E-state index is 12.2. The molecule has 2 heterocycles. The first-order chi connectivity index (χ1) is 10.7. The summed E-state index contributed by atoms with van der Waals surface area (Å²) in [5.41, 5.74) is 2.67. The number of benzene rings is 1. The van der Waals surface area contributed by atoms with Crippen LogP contribution in [-0.4, -0.2) is 39.8 Å². The minimum absolute atomic E-state index is 0.0372. The maximum Gasteiger partial charge on any atom is 0.244 e. The van der Waals surface area contributed by atoms with Gasteiger partial charge in [0.15, 0.2) is 0 Å². The minimum Gasteiger partial charge on any atom is -0.366 e. The highest BCUT2D eigenvalue weighted by Gasteiger charge is 2.24. The van der Waals surface area contributed by atoms with E-state index in [0.29, 0.717) is 6.54 Å². The van der Waals surface area contributed by atoms with E-state index in [2.05, 4.69) is 51.5 Å². The molecule has 0 spiro atoms. The highest BCUT2D eigenvalue weighted by atomic mass is 16.2. The van der Waals surface area contributed by atoms with Crippen molar-refractivity contribution in [1.29, 1.82) is 0 Å². The molecule has 2 atom stereocenters. The number of nitrogens with one attached hydrogen (secondary N) is 1. The Morgan fingerprint density at radius 1 is 1.36 bits per heavy atom. The van der Waals surface area contributed by atoms with Gasteiger partial charge in [-0.05, 0) is 31.9 Å².